The van der Waals surface area contributed by atoms with Gasteiger partial charge in [-0.05, 0) is 49.6 Å². The summed E-state index contributed by atoms with van der Waals surface area (Å²) in [6.45, 7) is 1.57. The molecule has 0 aromatic heterocycles. The molecule has 0 bridgehead atoms. The number of sulfonamides is 1. The molecule has 0 N–H and O–H groups in total. The van der Waals surface area contributed by atoms with Crippen molar-refractivity contribution in [2.75, 3.05) is 27.8 Å². The molecule has 8 heteroatoms. The Balaban J connectivity index is 2.38. The Morgan fingerprint density at radius 1 is 1.03 bits per heavy atom. The molecule has 2 rings (SSSR count). The molecule has 0 saturated heterocycles. The van der Waals surface area contributed by atoms with Gasteiger partial charge in [0.25, 0.3) is 0 Å². The lowest BCUT2D eigenvalue weighted by Gasteiger charge is -2.31. The number of hydrogen-bond donors (Lipinski definition) is 0. The lowest BCUT2D eigenvalue weighted by Crippen LogP contribution is -2.36. The Hall–Kier alpha value is -2.71. The number of hydrogen-bond acceptors (Lipinski definition) is 6. The van der Waals surface area contributed by atoms with Gasteiger partial charge in [-0.2, -0.15) is 0 Å². The molecule has 0 saturated carbocycles. The maximum atomic E-state index is 12.9. The average Bonchev–Trinajstić information content (AvgIpc) is 2.79. The summed E-state index contributed by atoms with van der Waals surface area (Å²) < 4.78 is 37.6. The van der Waals surface area contributed by atoms with Gasteiger partial charge in [0.1, 0.15) is 12.1 Å². The molecule has 7 nitrogen and oxygen atoms in total. The second kappa shape index (κ2) is 10.5. The van der Waals surface area contributed by atoms with Gasteiger partial charge in [-0.25, -0.2) is 12.7 Å². The first-order chi connectivity index (χ1) is 14.7. The van der Waals surface area contributed by atoms with E-state index in [1.54, 1.807) is 36.4 Å². The summed E-state index contributed by atoms with van der Waals surface area (Å²) in [6.07, 6.45) is 1.48. The normalized spacial score (nSPS) is 13.5. The van der Waals surface area contributed by atoms with Crippen LogP contribution in [0.2, 0.25) is 0 Å². The monoisotopic (exact) mass is 447 g/mol. The maximum Gasteiger partial charge on any atom is 0.242 e. The van der Waals surface area contributed by atoms with Crippen LogP contribution in [0, 0.1) is 0 Å². The summed E-state index contributed by atoms with van der Waals surface area (Å²) in [7, 11) is 0.800. The van der Waals surface area contributed by atoms with Crippen molar-refractivity contribution in [3.63, 3.8) is 0 Å². The standard InChI is InChI=1S/C23H29NO6S/c1-18(26)12-13-23(17-25,19-10-11-21(29-3)22(16-19)30-4)14-15-24(2)31(27,28)20-8-6-5-7-9-20/h5-11,16-17H,12-15H2,1-4H3/t23-/m1/s1. The molecule has 1 atom stereocenters. The Kier molecular flexibility index (Phi) is 8.36. The van der Waals surface area contributed by atoms with Gasteiger partial charge in [-0.1, -0.05) is 24.3 Å². The fourth-order valence-corrected chi connectivity index (χ4v) is 4.59. The van der Waals surface area contributed by atoms with Gasteiger partial charge in [0.15, 0.2) is 11.5 Å². The molecule has 0 unspecified atom stereocenters. The number of methoxy groups -OCH3 is 2. The van der Waals surface area contributed by atoms with Crippen LogP contribution in [0.25, 0.3) is 0 Å². The zero-order valence-corrected chi connectivity index (χ0v) is 19.1. The van der Waals surface area contributed by atoms with Crippen LogP contribution >= 0.6 is 0 Å². The van der Waals surface area contributed by atoms with Crippen LogP contribution in [0.3, 0.4) is 0 Å². The van der Waals surface area contributed by atoms with Crippen molar-refractivity contribution < 1.29 is 27.5 Å². The molecule has 0 radical (unpaired) electrons. The van der Waals surface area contributed by atoms with Gasteiger partial charge in [0.05, 0.1) is 24.5 Å². The van der Waals surface area contributed by atoms with Gasteiger partial charge in [-0.15, -0.1) is 0 Å². The first kappa shape index (κ1) is 24.6. The van der Waals surface area contributed by atoms with E-state index in [4.69, 9.17) is 9.47 Å². The lowest BCUT2D eigenvalue weighted by molar-refractivity contribution is -0.118. The highest BCUT2D eigenvalue weighted by Gasteiger charge is 2.34. The molecule has 2 aromatic carbocycles. The van der Waals surface area contributed by atoms with Crippen LogP contribution in [0.4, 0.5) is 0 Å². The first-order valence-corrected chi connectivity index (χ1v) is 11.3. The highest BCUT2D eigenvalue weighted by Crippen LogP contribution is 2.37. The fraction of sp³-hybridized carbons (Fsp3) is 0.391. The van der Waals surface area contributed by atoms with Crippen molar-refractivity contribution in [2.45, 2.75) is 36.5 Å². The molecule has 168 valence electrons. The summed E-state index contributed by atoms with van der Waals surface area (Å²) in [5.74, 6) is 0.928. The zero-order valence-electron chi connectivity index (χ0n) is 18.3. The van der Waals surface area contributed by atoms with Crippen molar-refractivity contribution in [2.24, 2.45) is 0 Å². The van der Waals surface area contributed by atoms with Crippen molar-refractivity contribution in [1.29, 1.82) is 0 Å². The first-order valence-electron chi connectivity index (χ1n) is 9.90. The third-order valence-electron chi connectivity index (χ3n) is 5.43. The number of aldehydes is 1. The molecule has 0 spiro atoms. The molecular formula is C23H29NO6S. The van der Waals surface area contributed by atoms with E-state index in [1.807, 2.05) is 0 Å². The predicted molar refractivity (Wildman–Crippen MR) is 118 cm³/mol. The summed E-state index contributed by atoms with van der Waals surface area (Å²) in [4.78, 5) is 24.2. The smallest absolute Gasteiger partial charge is 0.242 e. The van der Waals surface area contributed by atoms with Crippen LogP contribution in [-0.2, 0) is 25.0 Å². The Bertz CT molecular complexity index is 1010. The van der Waals surface area contributed by atoms with E-state index >= 15 is 0 Å². The van der Waals surface area contributed by atoms with Crippen LogP contribution in [-0.4, -0.2) is 52.6 Å². The minimum absolute atomic E-state index is 0.0445. The zero-order chi connectivity index (χ0) is 23.1. The number of benzene rings is 2. The van der Waals surface area contributed by atoms with Crippen LogP contribution in [0.5, 0.6) is 11.5 Å². The van der Waals surface area contributed by atoms with Gasteiger partial charge in [0.2, 0.25) is 10.0 Å². The minimum Gasteiger partial charge on any atom is -0.493 e. The Labute approximate surface area is 184 Å². The summed E-state index contributed by atoms with van der Waals surface area (Å²) in [5, 5.41) is 0. The predicted octanol–water partition coefficient (Wildman–Crippen LogP) is 3.22. The SMILES string of the molecule is COc1ccc([C@](C=O)(CCC(C)=O)CCN(C)S(=O)(=O)c2ccccc2)cc1OC. The van der Waals surface area contributed by atoms with E-state index in [0.29, 0.717) is 17.1 Å². The second-order valence-electron chi connectivity index (χ2n) is 7.44. The Morgan fingerprint density at radius 2 is 1.68 bits per heavy atom. The van der Waals surface area contributed by atoms with Crippen LogP contribution in [0.15, 0.2) is 53.4 Å². The highest BCUT2D eigenvalue weighted by molar-refractivity contribution is 7.89. The second-order valence-corrected chi connectivity index (χ2v) is 9.48. The molecular weight excluding hydrogens is 418 g/mol. The van der Waals surface area contributed by atoms with Crippen LogP contribution in [0.1, 0.15) is 31.7 Å². The quantitative estimate of drug-likeness (QED) is 0.464. The van der Waals surface area contributed by atoms with E-state index in [0.717, 1.165) is 6.29 Å². The number of nitrogens with zero attached hydrogens (tertiary/aromatic N) is 1. The van der Waals surface area contributed by atoms with E-state index < -0.39 is 15.4 Å². The van der Waals surface area contributed by atoms with Crippen molar-refractivity contribution in [3.05, 3.63) is 54.1 Å². The third-order valence-corrected chi connectivity index (χ3v) is 7.30. The van der Waals surface area contributed by atoms with Gasteiger partial charge in [-0.3, -0.25) is 0 Å². The molecule has 0 amide bonds. The summed E-state index contributed by atoms with van der Waals surface area (Å²) >= 11 is 0. The van der Waals surface area contributed by atoms with Gasteiger partial charge >= 0.3 is 0 Å². The largest absolute Gasteiger partial charge is 0.493 e. The van der Waals surface area contributed by atoms with E-state index in [1.165, 1.54) is 44.6 Å². The van der Waals surface area contributed by atoms with E-state index in [9.17, 15) is 18.0 Å². The Morgan fingerprint density at radius 3 is 2.23 bits per heavy atom. The topological polar surface area (TPSA) is 90.0 Å². The molecule has 0 fully saturated rings. The number of carbonyl (C=O) groups is 2. The molecule has 0 aliphatic carbocycles. The molecule has 31 heavy (non-hydrogen) atoms. The number of rotatable bonds is 12. The van der Waals surface area contributed by atoms with Crippen molar-refractivity contribution >= 4 is 22.1 Å². The number of Topliss-reactive ketones (excluding diaryl/α,β-unsaturated/α-hetero) is 1. The number of ketones is 1. The molecule has 0 heterocycles. The van der Waals surface area contributed by atoms with Crippen molar-refractivity contribution in [3.8, 4) is 11.5 Å². The minimum atomic E-state index is -3.70. The van der Waals surface area contributed by atoms with Crippen LogP contribution < -0.4 is 9.47 Å². The lowest BCUT2D eigenvalue weighted by atomic mass is 9.74. The molecule has 2 aromatic rings. The molecule has 0 aliphatic rings. The maximum absolute atomic E-state index is 12.9. The number of ether oxygens (including phenoxy) is 2. The third kappa shape index (κ3) is 5.71. The summed E-state index contributed by atoms with van der Waals surface area (Å²) in [5.41, 5.74) is -0.405. The van der Waals surface area contributed by atoms with Gasteiger partial charge in [0, 0.05) is 20.0 Å². The van der Waals surface area contributed by atoms with E-state index in [-0.39, 0.29) is 36.5 Å². The van der Waals surface area contributed by atoms with Crippen molar-refractivity contribution in [1.82, 2.24) is 4.31 Å². The fourth-order valence-electron chi connectivity index (χ4n) is 3.39. The summed E-state index contributed by atoms with van der Waals surface area (Å²) in [6, 6.07) is 13.3. The number of carbonyl (C=O) groups excluding carboxylic acids is 2. The average molecular weight is 448 g/mol. The highest BCUT2D eigenvalue weighted by atomic mass is 32.2. The van der Waals surface area contributed by atoms with E-state index in [2.05, 4.69) is 0 Å². The van der Waals surface area contributed by atoms with Gasteiger partial charge < -0.3 is 19.1 Å². The molecule has 0 aliphatic heterocycles.